The summed E-state index contributed by atoms with van der Waals surface area (Å²) >= 11 is 0. The summed E-state index contributed by atoms with van der Waals surface area (Å²) in [5.41, 5.74) is 5.49. The van der Waals surface area contributed by atoms with E-state index in [2.05, 4.69) is 0 Å². The minimum absolute atomic E-state index is 0.136. The molecule has 1 atom stereocenters. The van der Waals surface area contributed by atoms with Gasteiger partial charge in [0.15, 0.2) is 0 Å². The van der Waals surface area contributed by atoms with Gasteiger partial charge in [-0.1, -0.05) is 13.8 Å². The largest absolute Gasteiger partial charge is 0.481 e. The predicted molar refractivity (Wildman–Crippen MR) is 57.4 cm³/mol. The van der Waals surface area contributed by atoms with Gasteiger partial charge in [0.25, 0.3) is 0 Å². The van der Waals surface area contributed by atoms with Crippen molar-refractivity contribution in [3.63, 3.8) is 0 Å². The van der Waals surface area contributed by atoms with Gasteiger partial charge in [-0.05, 0) is 12.8 Å². The minimum Gasteiger partial charge on any atom is -0.481 e. The van der Waals surface area contributed by atoms with Gasteiger partial charge in [0.05, 0.1) is 12.5 Å². The molecular formula is C10H20N2O3. The van der Waals surface area contributed by atoms with Crippen LogP contribution in [0.15, 0.2) is 0 Å². The number of likely N-dealkylation sites (N-methyl/N-ethyl adjacent to an activating group) is 1. The Balaban J connectivity index is 4.35. The Bertz CT molecular complexity index is 227. The van der Waals surface area contributed by atoms with Gasteiger partial charge >= 0.3 is 5.97 Å². The van der Waals surface area contributed by atoms with Crippen LogP contribution in [0.3, 0.4) is 0 Å². The summed E-state index contributed by atoms with van der Waals surface area (Å²) < 4.78 is 0. The van der Waals surface area contributed by atoms with E-state index in [1.807, 2.05) is 13.8 Å². The van der Waals surface area contributed by atoms with Gasteiger partial charge in [0.2, 0.25) is 5.91 Å². The number of hydrogen-bond acceptors (Lipinski definition) is 3. The fraction of sp³-hybridized carbons (Fsp3) is 0.800. The summed E-state index contributed by atoms with van der Waals surface area (Å²) in [7, 11) is 1.67. The molecule has 88 valence electrons. The highest BCUT2D eigenvalue weighted by Gasteiger charge is 2.24. The summed E-state index contributed by atoms with van der Waals surface area (Å²) in [4.78, 5) is 23.6. The molecule has 3 N–H and O–H groups in total. The van der Waals surface area contributed by atoms with Gasteiger partial charge in [-0.15, -0.1) is 0 Å². The van der Waals surface area contributed by atoms with Crippen LogP contribution in [-0.2, 0) is 9.59 Å². The van der Waals surface area contributed by atoms with E-state index in [4.69, 9.17) is 10.8 Å². The highest BCUT2D eigenvalue weighted by Crippen LogP contribution is 2.08. The molecule has 0 aromatic rings. The number of hydrogen-bond donors (Lipinski definition) is 2. The van der Waals surface area contributed by atoms with Crippen molar-refractivity contribution >= 4 is 11.9 Å². The van der Waals surface area contributed by atoms with E-state index < -0.39 is 12.0 Å². The number of amides is 1. The summed E-state index contributed by atoms with van der Waals surface area (Å²) in [6.07, 6.45) is 1.38. The fourth-order valence-electron chi connectivity index (χ4n) is 1.55. The number of rotatable bonds is 6. The second-order valence-electron chi connectivity index (χ2n) is 3.62. The Labute approximate surface area is 90.2 Å². The van der Waals surface area contributed by atoms with Crippen molar-refractivity contribution in [3.05, 3.63) is 0 Å². The molecule has 0 radical (unpaired) electrons. The SMILES string of the molecule is CCC(CC)N(C)C(=O)C(N)CC(=O)O. The Morgan fingerprint density at radius 1 is 1.33 bits per heavy atom. The zero-order valence-corrected chi connectivity index (χ0v) is 9.56. The molecule has 15 heavy (non-hydrogen) atoms. The first-order valence-electron chi connectivity index (χ1n) is 5.18. The van der Waals surface area contributed by atoms with Crippen LogP contribution in [0, 0.1) is 0 Å². The van der Waals surface area contributed by atoms with E-state index in [0.29, 0.717) is 0 Å². The molecule has 5 nitrogen and oxygen atoms in total. The van der Waals surface area contributed by atoms with Gasteiger partial charge in [0, 0.05) is 13.1 Å². The van der Waals surface area contributed by atoms with Crippen molar-refractivity contribution < 1.29 is 14.7 Å². The van der Waals surface area contributed by atoms with Crippen molar-refractivity contribution in [2.45, 2.75) is 45.2 Å². The molecule has 0 aliphatic carbocycles. The fourth-order valence-corrected chi connectivity index (χ4v) is 1.55. The maximum absolute atomic E-state index is 11.7. The zero-order chi connectivity index (χ0) is 12.0. The molecule has 1 amide bonds. The van der Waals surface area contributed by atoms with Gasteiger partial charge < -0.3 is 15.7 Å². The third kappa shape index (κ3) is 4.29. The highest BCUT2D eigenvalue weighted by molar-refractivity contribution is 5.85. The lowest BCUT2D eigenvalue weighted by molar-refractivity contribution is -0.142. The monoisotopic (exact) mass is 216 g/mol. The zero-order valence-electron chi connectivity index (χ0n) is 9.56. The van der Waals surface area contributed by atoms with Crippen molar-refractivity contribution in [1.29, 1.82) is 0 Å². The molecular weight excluding hydrogens is 196 g/mol. The molecule has 0 bridgehead atoms. The number of nitrogens with two attached hydrogens (primary N) is 1. The Kier molecular flexibility index (Phi) is 5.93. The number of nitrogens with zero attached hydrogens (tertiary/aromatic N) is 1. The first-order valence-corrected chi connectivity index (χ1v) is 5.18. The molecule has 5 heteroatoms. The lowest BCUT2D eigenvalue weighted by atomic mass is 10.1. The van der Waals surface area contributed by atoms with Crippen molar-refractivity contribution in [3.8, 4) is 0 Å². The summed E-state index contributed by atoms with van der Waals surface area (Å²) in [6.45, 7) is 3.97. The first-order chi connectivity index (χ1) is 6.93. The van der Waals surface area contributed by atoms with Crippen LogP contribution >= 0.6 is 0 Å². The Morgan fingerprint density at radius 2 is 1.80 bits per heavy atom. The van der Waals surface area contributed by atoms with E-state index in [1.54, 1.807) is 11.9 Å². The molecule has 1 unspecified atom stereocenters. The third-order valence-corrected chi connectivity index (χ3v) is 2.55. The second kappa shape index (κ2) is 6.40. The normalized spacial score (nSPS) is 12.6. The molecule has 0 fully saturated rings. The number of carboxylic acids is 1. The molecule has 0 aromatic carbocycles. The van der Waals surface area contributed by atoms with Crippen molar-refractivity contribution in [1.82, 2.24) is 4.90 Å². The average molecular weight is 216 g/mol. The van der Waals surface area contributed by atoms with Gasteiger partial charge in [-0.25, -0.2) is 0 Å². The standard InChI is InChI=1S/C10H20N2O3/c1-4-7(5-2)12(3)10(15)8(11)6-9(13)14/h7-8H,4-6,11H2,1-3H3,(H,13,14). The summed E-state index contributed by atoms with van der Waals surface area (Å²) in [6, 6.07) is -0.801. The molecule has 0 heterocycles. The quantitative estimate of drug-likeness (QED) is 0.674. The average Bonchev–Trinajstić information content (AvgIpc) is 2.17. The number of carboxylic acid groups (broad SMARTS) is 1. The summed E-state index contributed by atoms with van der Waals surface area (Å²) in [5, 5.41) is 8.52. The maximum atomic E-state index is 11.7. The highest BCUT2D eigenvalue weighted by atomic mass is 16.4. The van der Waals surface area contributed by atoms with Crippen LogP contribution in [0.5, 0.6) is 0 Å². The molecule has 0 saturated carbocycles. The Morgan fingerprint density at radius 3 is 2.13 bits per heavy atom. The van der Waals surface area contributed by atoms with E-state index >= 15 is 0 Å². The van der Waals surface area contributed by atoms with Crippen molar-refractivity contribution in [2.24, 2.45) is 5.73 Å². The maximum Gasteiger partial charge on any atom is 0.305 e. The molecule has 0 saturated heterocycles. The second-order valence-corrected chi connectivity index (χ2v) is 3.62. The van der Waals surface area contributed by atoms with Crippen LogP contribution < -0.4 is 5.73 Å². The smallest absolute Gasteiger partial charge is 0.305 e. The van der Waals surface area contributed by atoms with Crippen LogP contribution in [-0.4, -0.2) is 41.0 Å². The number of carbonyl (C=O) groups excluding carboxylic acids is 1. The first kappa shape index (κ1) is 13.9. The lowest BCUT2D eigenvalue weighted by Gasteiger charge is -2.28. The van der Waals surface area contributed by atoms with Gasteiger partial charge in [0.1, 0.15) is 0 Å². The Hall–Kier alpha value is -1.10. The molecule has 0 aliphatic heterocycles. The lowest BCUT2D eigenvalue weighted by Crippen LogP contribution is -2.47. The van der Waals surface area contributed by atoms with Crippen LogP contribution in [0.1, 0.15) is 33.1 Å². The van der Waals surface area contributed by atoms with Gasteiger partial charge in [-0.2, -0.15) is 0 Å². The van der Waals surface area contributed by atoms with E-state index in [0.717, 1.165) is 12.8 Å². The summed E-state index contributed by atoms with van der Waals surface area (Å²) in [5.74, 6) is -1.35. The topological polar surface area (TPSA) is 83.6 Å². The number of aliphatic carboxylic acids is 1. The van der Waals surface area contributed by atoms with Crippen molar-refractivity contribution in [2.75, 3.05) is 7.05 Å². The number of carbonyl (C=O) groups is 2. The minimum atomic E-state index is -1.05. The van der Waals surface area contributed by atoms with Gasteiger partial charge in [-0.3, -0.25) is 9.59 Å². The predicted octanol–water partition coefficient (Wildman–Crippen LogP) is 0.435. The van der Waals surface area contributed by atoms with Crippen LogP contribution in [0.25, 0.3) is 0 Å². The molecule has 0 rings (SSSR count). The third-order valence-electron chi connectivity index (χ3n) is 2.55. The van der Waals surface area contributed by atoms with Crippen LogP contribution in [0.2, 0.25) is 0 Å². The van der Waals surface area contributed by atoms with Crippen LogP contribution in [0.4, 0.5) is 0 Å². The van der Waals surface area contributed by atoms with E-state index in [1.165, 1.54) is 0 Å². The molecule has 0 aromatic heterocycles. The molecule has 0 aliphatic rings. The van der Waals surface area contributed by atoms with E-state index in [-0.39, 0.29) is 18.4 Å². The van der Waals surface area contributed by atoms with E-state index in [9.17, 15) is 9.59 Å². The molecule has 0 spiro atoms.